The summed E-state index contributed by atoms with van der Waals surface area (Å²) in [4.78, 5) is 9.25. The number of rotatable bonds is 3. The van der Waals surface area contributed by atoms with E-state index in [1.807, 2.05) is 0 Å². The summed E-state index contributed by atoms with van der Waals surface area (Å²) in [6.07, 6.45) is 1.18. The van der Waals surface area contributed by atoms with E-state index in [1.165, 1.54) is 0 Å². The van der Waals surface area contributed by atoms with Crippen molar-refractivity contribution in [3.05, 3.63) is 18.4 Å². The molecule has 0 aliphatic heterocycles. The van der Waals surface area contributed by atoms with Gasteiger partial charge in [-0.25, -0.2) is 13.2 Å². The molecular formula is C6H11LiO5S. The molecule has 0 unspecified atom stereocenters. The maximum atomic E-state index is 9.73. The van der Waals surface area contributed by atoms with Crippen LogP contribution in [0.15, 0.2) is 12.7 Å². The van der Waals surface area contributed by atoms with Crippen LogP contribution in [0.1, 0.15) is 13.3 Å². The van der Waals surface area contributed by atoms with E-state index in [1.54, 1.807) is 6.92 Å². The molecule has 7 heteroatoms. The number of hydrogen-bond donors (Lipinski definition) is 2. The van der Waals surface area contributed by atoms with Crippen molar-refractivity contribution >= 4 is 16.1 Å². The minimum absolute atomic E-state index is 0. The minimum Gasteiger partial charge on any atom is -0.478 e. The Kier molecular flexibility index (Phi) is 13.9. The molecule has 2 N–H and O–H groups in total. The van der Waals surface area contributed by atoms with E-state index in [0.717, 1.165) is 11.8 Å². The quantitative estimate of drug-likeness (QED) is 0.232. The molecule has 0 radical (unpaired) electrons. The SMILES string of the molecule is C=CC(=O)O.CC[CH-]S(=O)(=O)O.[Li+]. The predicted octanol–water partition coefficient (Wildman–Crippen LogP) is -2.29. The Morgan fingerprint density at radius 3 is 1.92 bits per heavy atom. The average molecular weight is 202 g/mol. The van der Waals surface area contributed by atoms with Gasteiger partial charge in [0, 0.05) is 6.08 Å². The summed E-state index contributed by atoms with van der Waals surface area (Å²) in [5, 5.41) is 7.60. The second kappa shape index (κ2) is 9.80. The number of carboxylic acids is 1. The fourth-order valence-electron chi connectivity index (χ4n) is 0.211. The molecule has 0 rings (SSSR count). The van der Waals surface area contributed by atoms with E-state index in [4.69, 9.17) is 9.66 Å². The molecule has 0 heterocycles. The van der Waals surface area contributed by atoms with E-state index in [-0.39, 0.29) is 18.9 Å². The molecule has 0 aliphatic carbocycles. The van der Waals surface area contributed by atoms with Crippen molar-refractivity contribution in [2.45, 2.75) is 13.3 Å². The first-order valence-corrected chi connectivity index (χ1v) is 4.49. The van der Waals surface area contributed by atoms with E-state index in [9.17, 15) is 13.2 Å². The normalized spacial score (nSPS) is 8.77. The zero-order valence-corrected chi connectivity index (χ0v) is 8.41. The maximum Gasteiger partial charge on any atom is 1.00 e. The molecule has 0 atom stereocenters. The summed E-state index contributed by atoms with van der Waals surface area (Å²) in [6, 6.07) is 0. The van der Waals surface area contributed by atoms with Crippen molar-refractivity contribution < 1.29 is 41.7 Å². The molecule has 0 amide bonds. The van der Waals surface area contributed by atoms with Gasteiger partial charge in [-0.15, -0.1) is 0 Å². The fourth-order valence-corrected chi connectivity index (χ4v) is 0.632. The Morgan fingerprint density at radius 1 is 1.62 bits per heavy atom. The molecule has 0 fully saturated rings. The molecule has 0 spiro atoms. The Balaban J connectivity index is -0.000000150. The van der Waals surface area contributed by atoms with Crippen molar-refractivity contribution in [1.82, 2.24) is 0 Å². The van der Waals surface area contributed by atoms with Gasteiger partial charge in [-0.1, -0.05) is 13.5 Å². The number of aliphatic carboxylic acids is 1. The Labute approximate surface area is 89.8 Å². The largest absolute Gasteiger partial charge is 1.00 e. The van der Waals surface area contributed by atoms with Gasteiger partial charge in [-0.2, -0.15) is 12.2 Å². The summed E-state index contributed by atoms with van der Waals surface area (Å²) in [5.41, 5.74) is 0. The van der Waals surface area contributed by atoms with Gasteiger partial charge in [0.05, 0.1) is 0 Å². The van der Waals surface area contributed by atoms with E-state index >= 15 is 0 Å². The van der Waals surface area contributed by atoms with E-state index in [0.29, 0.717) is 6.42 Å². The monoisotopic (exact) mass is 202 g/mol. The third-order valence-corrected chi connectivity index (χ3v) is 1.31. The summed E-state index contributed by atoms with van der Waals surface area (Å²) < 4.78 is 27.4. The topological polar surface area (TPSA) is 91.7 Å². The van der Waals surface area contributed by atoms with Gasteiger partial charge < -0.3 is 9.66 Å². The summed E-state index contributed by atoms with van der Waals surface area (Å²) in [5.74, 6) is -0.141. The second-order valence-electron chi connectivity index (χ2n) is 1.63. The standard InChI is InChI=1S/C3H7O3S.C3H4O2.Li/c1-2-3-7(4,5)6;1-2-3(4)5;/h3H,2H2,1H3,(H,4,5,6);2H,1H2,(H,4,5);/q-1;;+1. The van der Waals surface area contributed by atoms with Crippen LogP contribution < -0.4 is 18.9 Å². The second-order valence-corrected chi connectivity index (χ2v) is 3.00. The van der Waals surface area contributed by atoms with Gasteiger partial charge in [0.1, 0.15) is 10.1 Å². The molecule has 0 aromatic heterocycles. The third-order valence-electron chi connectivity index (χ3n) is 0.552. The maximum absolute atomic E-state index is 9.73. The molecule has 0 bridgehead atoms. The number of carbonyl (C=O) groups is 1. The summed E-state index contributed by atoms with van der Waals surface area (Å²) >= 11 is 0. The van der Waals surface area contributed by atoms with Gasteiger partial charge in [0.2, 0.25) is 0 Å². The van der Waals surface area contributed by atoms with Gasteiger partial charge in [-0.3, -0.25) is 0 Å². The van der Waals surface area contributed by atoms with E-state index in [2.05, 4.69) is 6.58 Å². The Hall–Kier alpha value is -0.283. The molecular weight excluding hydrogens is 191 g/mol. The van der Waals surface area contributed by atoms with E-state index < -0.39 is 16.1 Å². The first kappa shape index (κ1) is 18.5. The Morgan fingerprint density at radius 2 is 1.92 bits per heavy atom. The van der Waals surface area contributed by atoms with Crippen molar-refractivity contribution in [1.29, 1.82) is 0 Å². The van der Waals surface area contributed by atoms with Crippen LogP contribution in [0.2, 0.25) is 0 Å². The fraction of sp³-hybridized carbons (Fsp3) is 0.333. The Bertz CT molecular complexity index is 233. The number of carboxylic acid groups (broad SMARTS) is 1. The zero-order chi connectivity index (χ0) is 10.2. The van der Waals surface area contributed by atoms with Crippen LogP contribution in [0.3, 0.4) is 0 Å². The predicted molar refractivity (Wildman–Crippen MR) is 44.0 cm³/mol. The van der Waals surface area contributed by atoms with Crippen LogP contribution in [0.5, 0.6) is 0 Å². The summed E-state index contributed by atoms with van der Waals surface area (Å²) in [7, 11) is -3.80. The number of hydrogen-bond acceptors (Lipinski definition) is 3. The summed E-state index contributed by atoms with van der Waals surface area (Å²) in [6.45, 7) is 4.59. The van der Waals surface area contributed by atoms with Crippen molar-refractivity contribution in [3.63, 3.8) is 0 Å². The van der Waals surface area contributed by atoms with Crippen LogP contribution in [0.4, 0.5) is 0 Å². The zero-order valence-electron chi connectivity index (χ0n) is 7.60. The molecule has 0 aliphatic rings. The average Bonchev–Trinajstić information content (AvgIpc) is 1.86. The van der Waals surface area contributed by atoms with Crippen molar-refractivity contribution in [2.24, 2.45) is 0 Å². The van der Waals surface area contributed by atoms with Crippen LogP contribution in [0.25, 0.3) is 0 Å². The van der Waals surface area contributed by atoms with Crippen molar-refractivity contribution in [3.8, 4) is 0 Å². The third kappa shape index (κ3) is 33.8. The van der Waals surface area contributed by atoms with Gasteiger partial charge in [0.25, 0.3) is 0 Å². The van der Waals surface area contributed by atoms with Crippen LogP contribution in [0, 0.1) is 5.75 Å². The molecule has 5 nitrogen and oxygen atoms in total. The molecule has 0 aromatic rings. The molecule has 13 heavy (non-hydrogen) atoms. The first-order chi connectivity index (χ1) is 5.33. The first-order valence-electron chi connectivity index (χ1n) is 2.99. The molecule has 72 valence electrons. The van der Waals surface area contributed by atoms with Gasteiger partial charge >= 0.3 is 24.8 Å². The van der Waals surface area contributed by atoms with Crippen LogP contribution in [-0.4, -0.2) is 24.0 Å². The smallest absolute Gasteiger partial charge is 0.478 e. The van der Waals surface area contributed by atoms with Crippen molar-refractivity contribution in [2.75, 3.05) is 0 Å². The molecule has 0 saturated carbocycles. The van der Waals surface area contributed by atoms with Gasteiger partial charge in [-0.05, 0) is 0 Å². The van der Waals surface area contributed by atoms with Gasteiger partial charge in [0.15, 0.2) is 0 Å². The minimum atomic E-state index is -3.80. The van der Waals surface area contributed by atoms with Crippen LogP contribution in [-0.2, 0) is 14.9 Å². The molecule has 0 aromatic carbocycles. The molecule has 0 saturated heterocycles. The van der Waals surface area contributed by atoms with Crippen LogP contribution >= 0.6 is 0 Å².